The van der Waals surface area contributed by atoms with Gasteiger partial charge >= 0.3 is 0 Å². The first kappa shape index (κ1) is 14.0. The average Bonchev–Trinajstić information content (AvgIpc) is 2.89. The van der Waals surface area contributed by atoms with Crippen molar-refractivity contribution < 1.29 is 9.47 Å². The molecule has 1 heterocycles. The Morgan fingerprint density at radius 2 is 2.17 bits per heavy atom. The fourth-order valence-corrected chi connectivity index (χ4v) is 3.43. The predicted octanol–water partition coefficient (Wildman–Crippen LogP) is 3.11. The Labute approximate surface area is 113 Å². The third kappa shape index (κ3) is 3.54. The molecule has 1 saturated carbocycles. The summed E-state index contributed by atoms with van der Waals surface area (Å²) in [5, 5.41) is 2.08. The number of hydrogen-bond donors (Lipinski definition) is 1. The zero-order valence-corrected chi connectivity index (χ0v) is 12.0. The minimum atomic E-state index is 0.0191. The zero-order chi connectivity index (χ0) is 13.0. The van der Waals surface area contributed by atoms with Crippen LogP contribution in [-0.2, 0) is 9.47 Å². The van der Waals surface area contributed by atoms with Gasteiger partial charge in [-0.25, -0.2) is 0 Å². The van der Waals surface area contributed by atoms with Crippen molar-refractivity contribution >= 4 is 11.3 Å². The average molecular weight is 269 g/mol. The number of rotatable bonds is 5. The van der Waals surface area contributed by atoms with Crippen LogP contribution in [0.3, 0.4) is 0 Å². The lowest BCUT2D eigenvalue weighted by Crippen LogP contribution is -2.34. The second-order valence-electron chi connectivity index (χ2n) is 5.08. The highest BCUT2D eigenvalue weighted by Gasteiger charge is 2.27. The van der Waals surface area contributed by atoms with E-state index in [0.717, 1.165) is 19.3 Å². The maximum atomic E-state index is 6.23. The molecule has 0 bridgehead atoms. The van der Waals surface area contributed by atoms with Crippen molar-refractivity contribution in [2.75, 3.05) is 7.11 Å². The number of methoxy groups -OCH3 is 1. The minimum absolute atomic E-state index is 0.0191. The highest BCUT2D eigenvalue weighted by molar-refractivity contribution is 7.10. The van der Waals surface area contributed by atoms with E-state index in [1.165, 1.54) is 11.3 Å². The largest absolute Gasteiger partial charge is 0.381 e. The van der Waals surface area contributed by atoms with Crippen molar-refractivity contribution in [1.82, 2.24) is 0 Å². The molecule has 102 valence electrons. The van der Waals surface area contributed by atoms with Crippen LogP contribution in [0.1, 0.15) is 43.6 Å². The molecule has 1 aromatic rings. The van der Waals surface area contributed by atoms with Crippen molar-refractivity contribution in [3.63, 3.8) is 0 Å². The van der Waals surface area contributed by atoms with E-state index >= 15 is 0 Å². The van der Waals surface area contributed by atoms with E-state index in [1.807, 2.05) is 6.92 Å². The summed E-state index contributed by atoms with van der Waals surface area (Å²) in [5.74, 6) is 0. The fraction of sp³-hybridized carbons (Fsp3) is 0.714. The quantitative estimate of drug-likeness (QED) is 0.893. The molecule has 0 aromatic carbocycles. The van der Waals surface area contributed by atoms with Crippen molar-refractivity contribution in [2.24, 2.45) is 5.73 Å². The van der Waals surface area contributed by atoms with Gasteiger partial charge in [-0.15, -0.1) is 11.3 Å². The van der Waals surface area contributed by atoms with Gasteiger partial charge < -0.3 is 15.2 Å². The molecule has 4 unspecified atom stereocenters. The Bertz CT molecular complexity index is 340. The Hall–Kier alpha value is -0.420. The van der Waals surface area contributed by atoms with E-state index in [0.29, 0.717) is 6.10 Å². The standard InChI is InChI=1S/C14H23NO2S/c1-10(15)14(13-7-4-8-18-13)17-12-6-3-5-11(9-12)16-2/h4,7-8,10-12,14H,3,5-6,9,15H2,1-2H3. The number of thiophene rings is 1. The summed E-state index contributed by atoms with van der Waals surface area (Å²) in [6, 6.07) is 4.18. The Morgan fingerprint density at radius 3 is 2.78 bits per heavy atom. The summed E-state index contributed by atoms with van der Waals surface area (Å²) in [4.78, 5) is 1.23. The Morgan fingerprint density at radius 1 is 1.39 bits per heavy atom. The normalized spacial score (nSPS) is 27.9. The monoisotopic (exact) mass is 269 g/mol. The van der Waals surface area contributed by atoms with Gasteiger partial charge in [-0.2, -0.15) is 0 Å². The number of hydrogen-bond acceptors (Lipinski definition) is 4. The van der Waals surface area contributed by atoms with E-state index < -0.39 is 0 Å². The smallest absolute Gasteiger partial charge is 0.107 e. The number of ether oxygens (including phenoxy) is 2. The van der Waals surface area contributed by atoms with Gasteiger partial charge in [0.25, 0.3) is 0 Å². The SMILES string of the molecule is COC1CCCC(OC(c2cccs2)C(C)N)C1. The third-order valence-corrected chi connectivity index (χ3v) is 4.49. The zero-order valence-electron chi connectivity index (χ0n) is 11.2. The lowest BCUT2D eigenvalue weighted by atomic mass is 9.94. The lowest BCUT2D eigenvalue weighted by Gasteiger charge is -2.32. The van der Waals surface area contributed by atoms with Gasteiger partial charge in [0.05, 0.1) is 12.2 Å². The van der Waals surface area contributed by atoms with E-state index in [-0.39, 0.29) is 18.2 Å². The maximum Gasteiger partial charge on any atom is 0.107 e. The summed E-state index contributed by atoms with van der Waals surface area (Å²) in [5.41, 5.74) is 6.06. The highest BCUT2D eigenvalue weighted by Crippen LogP contribution is 2.31. The summed E-state index contributed by atoms with van der Waals surface area (Å²) in [6.07, 6.45) is 5.09. The van der Waals surface area contributed by atoms with Gasteiger partial charge in [0.15, 0.2) is 0 Å². The van der Waals surface area contributed by atoms with Crippen molar-refractivity contribution in [1.29, 1.82) is 0 Å². The van der Waals surface area contributed by atoms with Crippen molar-refractivity contribution in [3.05, 3.63) is 22.4 Å². The molecule has 0 aliphatic heterocycles. The van der Waals surface area contributed by atoms with Gasteiger partial charge in [0, 0.05) is 18.0 Å². The van der Waals surface area contributed by atoms with Crippen LogP contribution in [-0.4, -0.2) is 25.4 Å². The summed E-state index contributed by atoms with van der Waals surface area (Å²) < 4.78 is 11.7. The molecule has 4 atom stereocenters. The fourth-order valence-electron chi connectivity index (χ4n) is 2.55. The molecule has 1 aliphatic carbocycles. The summed E-state index contributed by atoms with van der Waals surface area (Å²) in [6.45, 7) is 2.01. The van der Waals surface area contributed by atoms with Crippen molar-refractivity contribution in [3.8, 4) is 0 Å². The van der Waals surface area contributed by atoms with E-state index in [4.69, 9.17) is 15.2 Å². The van der Waals surface area contributed by atoms with E-state index in [9.17, 15) is 0 Å². The molecule has 1 aliphatic rings. The lowest BCUT2D eigenvalue weighted by molar-refractivity contribution is -0.0713. The van der Waals surface area contributed by atoms with Gasteiger partial charge in [-0.1, -0.05) is 6.07 Å². The molecule has 4 heteroatoms. The molecule has 2 rings (SSSR count). The van der Waals surface area contributed by atoms with Gasteiger partial charge in [0.2, 0.25) is 0 Å². The molecule has 1 aromatic heterocycles. The minimum Gasteiger partial charge on any atom is -0.381 e. The number of nitrogens with two attached hydrogens (primary N) is 1. The third-order valence-electron chi connectivity index (χ3n) is 3.55. The van der Waals surface area contributed by atoms with E-state index in [1.54, 1.807) is 18.4 Å². The predicted molar refractivity (Wildman–Crippen MR) is 74.8 cm³/mol. The molecule has 0 saturated heterocycles. The molecule has 0 amide bonds. The molecule has 1 fully saturated rings. The van der Waals surface area contributed by atoms with Gasteiger partial charge in [0.1, 0.15) is 6.10 Å². The van der Waals surface area contributed by atoms with Crippen LogP contribution in [0.15, 0.2) is 17.5 Å². The first-order valence-corrected chi connectivity index (χ1v) is 7.56. The molecule has 18 heavy (non-hydrogen) atoms. The van der Waals surface area contributed by atoms with Crippen LogP contribution >= 0.6 is 11.3 Å². The van der Waals surface area contributed by atoms with E-state index in [2.05, 4.69) is 17.5 Å². The highest BCUT2D eigenvalue weighted by atomic mass is 32.1. The molecular weight excluding hydrogens is 246 g/mol. The molecule has 3 nitrogen and oxygen atoms in total. The van der Waals surface area contributed by atoms with Gasteiger partial charge in [-0.3, -0.25) is 0 Å². The maximum absolute atomic E-state index is 6.23. The topological polar surface area (TPSA) is 44.5 Å². The van der Waals surface area contributed by atoms with Crippen LogP contribution in [0, 0.1) is 0 Å². The summed E-state index contributed by atoms with van der Waals surface area (Å²) in [7, 11) is 1.79. The van der Waals surface area contributed by atoms with Crippen LogP contribution in [0.25, 0.3) is 0 Å². The first-order valence-electron chi connectivity index (χ1n) is 6.68. The molecule has 0 spiro atoms. The van der Waals surface area contributed by atoms with Crippen LogP contribution < -0.4 is 5.73 Å². The molecular formula is C14H23NO2S. The molecule has 0 radical (unpaired) electrons. The van der Waals surface area contributed by atoms with Gasteiger partial charge in [-0.05, 0) is 44.1 Å². The second kappa shape index (κ2) is 6.66. The van der Waals surface area contributed by atoms with Crippen LogP contribution in [0.2, 0.25) is 0 Å². The first-order chi connectivity index (χ1) is 8.70. The summed E-state index contributed by atoms with van der Waals surface area (Å²) >= 11 is 1.72. The second-order valence-corrected chi connectivity index (χ2v) is 6.06. The Kier molecular flexibility index (Phi) is 5.18. The van der Waals surface area contributed by atoms with Crippen molar-refractivity contribution in [2.45, 2.75) is 57.0 Å². The van der Waals surface area contributed by atoms with Crippen LogP contribution in [0.5, 0.6) is 0 Å². The Balaban J connectivity index is 1.97. The van der Waals surface area contributed by atoms with Crippen LogP contribution in [0.4, 0.5) is 0 Å². The molecule has 2 N–H and O–H groups in total.